The lowest BCUT2D eigenvalue weighted by Gasteiger charge is -2.18. The van der Waals surface area contributed by atoms with Crippen molar-refractivity contribution >= 4 is 16.8 Å². The molecule has 2 rings (SSSR count). The summed E-state index contributed by atoms with van der Waals surface area (Å²) in [5.41, 5.74) is -0.680. The fraction of sp³-hybridized carbons (Fsp3) is 0.500. The molecule has 1 fully saturated rings. The Morgan fingerprint density at radius 3 is 2.40 bits per heavy atom. The van der Waals surface area contributed by atoms with Gasteiger partial charge < -0.3 is 5.11 Å². The average molecular weight is 302 g/mol. The maximum absolute atomic E-state index is 14.0. The second kappa shape index (κ2) is 5.60. The first-order valence-electron chi connectivity index (χ1n) is 6.33. The van der Waals surface area contributed by atoms with Crippen molar-refractivity contribution in [2.24, 2.45) is 5.41 Å². The summed E-state index contributed by atoms with van der Waals surface area (Å²) in [5.74, 6) is -4.82. The third kappa shape index (κ3) is 3.85. The third-order valence-electron chi connectivity index (χ3n) is 3.49. The van der Waals surface area contributed by atoms with Crippen LogP contribution in [0.3, 0.4) is 0 Å². The van der Waals surface area contributed by atoms with Gasteiger partial charge in [0, 0.05) is 22.1 Å². The summed E-state index contributed by atoms with van der Waals surface area (Å²) in [5, 5.41) is 8.77. The Balaban J connectivity index is 1.96. The number of aliphatic carboxylic acids is 1. The molecule has 1 aromatic carbocycles. The Kier molecular flexibility index (Phi) is 4.22. The molecule has 0 spiro atoms. The van der Waals surface area contributed by atoms with Gasteiger partial charge in [0.1, 0.15) is 0 Å². The SMILES string of the molecule is O=C(O)CC1(CS(=O)CC(F)(F)c2ccccc2)CC1. The van der Waals surface area contributed by atoms with E-state index < -0.39 is 33.9 Å². The highest BCUT2D eigenvalue weighted by Crippen LogP contribution is 2.49. The monoisotopic (exact) mass is 302 g/mol. The molecule has 0 amide bonds. The van der Waals surface area contributed by atoms with E-state index in [0.717, 1.165) is 0 Å². The van der Waals surface area contributed by atoms with Crippen molar-refractivity contribution in [1.82, 2.24) is 0 Å². The second-order valence-corrected chi connectivity index (χ2v) is 6.83. The summed E-state index contributed by atoms with van der Waals surface area (Å²) < 4.78 is 39.8. The van der Waals surface area contributed by atoms with Gasteiger partial charge in [-0.2, -0.15) is 0 Å². The summed E-state index contributed by atoms with van der Waals surface area (Å²) in [6, 6.07) is 7.28. The molecule has 1 N–H and O–H groups in total. The fourth-order valence-corrected chi connectivity index (χ4v) is 3.98. The van der Waals surface area contributed by atoms with Crippen LogP contribution in [0.15, 0.2) is 30.3 Å². The first-order chi connectivity index (χ1) is 9.33. The van der Waals surface area contributed by atoms with Crippen LogP contribution in [-0.4, -0.2) is 26.8 Å². The topological polar surface area (TPSA) is 54.4 Å². The van der Waals surface area contributed by atoms with Gasteiger partial charge in [-0.1, -0.05) is 30.3 Å². The third-order valence-corrected chi connectivity index (χ3v) is 5.11. The largest absolute Gasteiger partial charge is 0.481 e. The quantitative estimate of drug-likeness (QED) is 0.842. The Morgan fingerprint density at radius 2 is 1.90 bits per heavy atom. The highest BCUT2D eigenvalue weighted by Gasteiger charge is 2.47. The minimum Gasteiger partial charge on any atom is -0.481 e. The molecule has 110 valence electrons. The van der Waals surface area contributed by atoms with Gasteiger partial charge >= 0.3 is 5.97 Å². The second-order valence-electron chi connectivity index (χ2n) is 5.37. The molecule has 3 nitrogen and oxygen atoms in total. The average Bonchev–Trinajstić information content (AvgIpc) is 3.07. The van der Waals surface area contributed by atoms with Crippen LogP contribution in [0.5, 0.6) is 0 Å². The number of halogens is 2. The lowest BCUT2D eigenvalue weighted by atomic mass is 10.1. The number of carbonyl (C=O) groups is 1. The minimum absolute atomic E-state index is 0.0434. The first-order valence-corrected chi connectivity index (χ1v) is 7.82. The maximum atomic E-state index is 14.0. The number of carboxylic acid groups (broad SMARTS) is 1. The molecule has 0 saturated heterocycles. The van der Waals surface area contributed by atoms with Crippen molar-refractivity contribution in [3.63, 3.8) is 0 Å². The van der Waals surface area contributed by atoms with Gasteiger partial charge in [0.15, 0.2) is 0 Å². The van der Waals surface area contributed by atoms with Gasteiger partial charge in [-0.15, -0.1) is 0 Å². The van der Waals surface area contributed by atoms with E-state index in [1.54, 1.807) is 6.07 Å². The van der Waals surface area contributed by atoms with Gasteiger partial charge in [0.05, 0.1) is 12.2 Å². The van der Waals surface area contributed by atoms with Crippen molar-refractivity contribution in [3.05, 3.63) is 35.9 Å². The van der Waals surface area contributed by atoms with E-state index in [0.29, 0.717) is 12.8 Å². The van der Waals surface area contributed by atoms with Crippen LogP contribution in [0.4, 0.5) is 8.78 Å². The van der Waals surface area contributed by atoms with Crippen LogP contribution < -0.4 is 0 Å². The predicted octanol–water partition coefficient (Wildman–Crippen LogP) is 2.78. The zero-order valence-corrected chi connectivity index (χ0v) is 11.7. The molecule has 0 aliphatic heterocycles. The molecule has 1 aliphatic rings. The molecular weight excluding hydrogens is 286 g/mol. The molecule has 1 saturated carbocycles. The van der Waals surface area contributed by atoms with Crippen LogP contribution in [-0.2, 0) is 21.5 Å². The van der Waals surface area contributed by atoms with E-state index >= 15 is 0 Å². The lowest BCUT2D eigenvalue weighted by Crippen LogP contribution is -2.27. The maximum Gasteiger partial charge on any atom is 0.303 e. The van der Waals surface area contributed by atoms with E-state index in [-0.39, 0.29) is 17.7 Å². The van der Waals surface area contributed by atoms with E-state index in [1.165, 1.54) is 24.3 Å². The Labute approximate surface area is 118 Å². The predicted molar refractivity (Wildman–Crippen MR) is 72.1 cm³/mol. The Hall–Kier alpha value is -1.30. The summed E-state index contributed by atoms with van der Waals surface area (Å²) in [6.45, 7) is 0. The molecule has 20 heavy (non-hydrogen) atoms. The van der Waals surface area contributed by atoms with Crippen LogP contribution in [0.1, 0.15) is 24.8 Å². The fourth-order valence-electron chi connectivity index (χ4n) is 2.23. The summed E-state index contributed by atoms with van der Waals surface area (Å²) in [7, 11) is -1.73. The first kappa shape index (κ1) is 15.1. The lowest BCUT2D eigenvalue weighted by molar-refractivity contribution is -0.138. The van der Waals surface area contributed by atoms with Crippen molar-refractivity contribution in [2.45, 2.75) is 25.2 Å². The molecule has 0 aromatic heterocycles. The van der Waals surface area contributed by atoms with Gasteiger partial charge in [-0.25, -0.2) is 8.78 Å². The number of benzene rings is 1. The van der Waals surface area contributed by atoms with Crippen molar-refractivity contribution in [3.8, 4) is 0 Å². The molecule has 1 aliphatic carbocycles. The number of hydrogen-bond donors (Lipinski definition) is 1. The zero-order valence-electron chi connectivity index (χ0n) is 10.9. The number of alkyl halides is 2. The van der Waals surface area contributed by atoms with Crippen LogP contribution in [0.2, 0.25) is 0 Å². The van der Waals surface area contributed by atoms with Crippen molar-refractivity contribution < 1.29 is 22.9 Å². The van der Waals surface area contributed by atoms with Crippen molar-refractivity contribution in [2.75, 3.05) is 11.5 Å². The summed E-state index contributed by atoms with van der Waals surface area (Å²) in [4.78, 5) is 10.7. The number of hydrogen-bond acceptors (Lipinski definition) is 2. The van der Waals surface area contributed by atoms with Gasteiger partial charge in [-0.3, -0.25) is 9.00 Å². The normalized spacial score (nSPS) is 18.5. The van der Waals surface area contributed by atoms with Crippen LogP contribution in [0.25, 0.3) is 0 Å². The van der Waals surface area contributed by atoms with Gasteiger partial charge in [0.25, 0.3) is 5.92 Å². The molecule has 0 radical (unpaired) electrons. The molecule has 0 bridgehead atoms. The number of rotatable bonds is 7. The van der Waals surface area contributed by atoms with E-state index in [1.807, 2.05) is 0 Å². The molecular formula is C14H16F2O3S. The zero-order chi connectivity index (χ0) is 14.8. The van der Waals surface area contributed by atoms with Crippen LogP contribution >= 0.6 is 0 Å². The molecule has 1 unspecified atom stereocenters. The molecule has 0 heterocycles. The summed E-state index contributed by atoms with van der Waals surface area (Å²) in [6.07, 6.45) is 1.22. The smallest absolute Gasteiger partial charge is 0.303 e. The van der Waals surface area contributed by atoms with E-state index in [2.05, 4.69) is 0 Å². The van der Waals surface area contributed by atoms with E-state index in [4.69, 9.17) is 5.11 Å². The van der Waals surface area contributed by atoms with Crippen LogP contribution in [0, 0.1) is 5.41 Å². The van der Waals surface area contributed by atoms with Crippen molar-refractivity contribution in [1.29, 1.82) is 0 Å². The number of carboxylic acids is 1. The van der Waals surface area contributed by atoms with E-state index in [9.17, 15) is 17.8 Å². The summed E-state index contributed by atoms with van der Waals surface area (Å²) >= 11 is 0. The van der Waals surface area contributed by atoms with Gasteiger partial charge in [0.2, 0.25) is 0 Å². The molecule has 1 atom stereocenters. The molecule has 6 heteroatoms. The standard InChI is InChI=1S/C14H16F2O3S/c15-14(16,11-4-2-1-3-5-11)10-20(19)9-13(6-7-13)8-12(17)18/h1-5H,6-10H2,(H,17,18). The van der Waals surface area contributed by atoms with Gasteiger partial charge in [-0.05, 0) is 18.3 Å². The Morgan fingerprint density at radius 1 is 1.30 bits per heavy atom. The highest BCUT2D eigenvalue weighted by molar-refractivity contribution is 7.85. The molecule has 1 aromatic rings. The Bertz CT molecular complexity index is 512. The minimum atomic E-state index is -3.15. The highest BCUT2D eigenvalue weighted by atomic mass is 32.2.